The highest BCUT2D eigenvalue weighted by Crippen LogP contribution is 2.34. The number of hydrogen-bond donors (Lipinski definition) is 0. The molecule has 0 aromatic rings. The Kier molecular flexibility index (Phi) is 9.25. The van der Waals surface area contributed by atoms with E-state index in [-0.39, 0.29) is 0 Å². The minimum absolute atomic E-state index is 0.339. The summed E-state index contributed by atoms with van der Waals surface area (Å²) >= 11 is 0. The lowest BCUT2D eigenvalue weighted by molar-refractivity contribution is 0.134. The lowest BCUT2D eigenvalue weighted by atomic mass is 9.97. The molecule has 0 spiro atoms. The first-order chi connectivity index (χ1) is 10.9. The number of likely N-dealkylation sites (tertiary alicyclic amines) is 2. The Morgan fingerprint density at radius 3 is 1.54 bits per heavy atom. The zero-order chi connectivity index (χ0) is 19.3. The fraction of sp³-hybridized carbons (Fsp3) is 0.909. The maximum atomic E-state index is 4.04. The van der Waals surface area contributed by atoms with Gasteiger partial charge in [0.15, 0.2) is 0 Å². The van der Waals surface area contributed by atoms with Crippen molar-refractivity contribution in [3.05, 3.63) is 12.2 Å². The molecule has 0 aromatic carbocycles. The van der Waals surface area contributed by atoms with Crippen molar-refractivity contribution in [3.8, 4) is 0 Å². The first-order valence-corrected chi connectivity index (χ1v) is 10.1. The largest absolute Gasteiger partial charge is 0.296 e. The van der Waals surface area contributed by atoms with E-state index in [1.165, 1.54) is 18.5 Å². The normalized spacial score (nSPS) is 26.2. The van der Waals surface area contributed by atoms with Crippen molar-refractivity contribution in [2.24, 2.45) is 5.92 Å². The second-order valence-corrected chi connectivity index (χ2v) is 9.33. The summed E-state index contributed by atoms with van der Waals surface area (Å²) in [6.07, 6.45) is 2.51. The zero-order valence-electron chi connectivity index (χ0n) is 18.7. The van der Waals surface area contributed by atoms with Gasteiger partial charge in [0.2, 0.25) is 0 Å². The van der Waals surface area contributed by atoms with Crippen LogP contribution in [0.1, 0.15) is 89.0 Å². The summed E-state index contributed by atoms with van der Waals surface area (Å²) in [7, 11) is 0. The first kappa shape index (κ1) is 23.7. The van der Waals surface area contributed by atoms with E-state index in [0.717, 1.165) is 18.9 Å². The van der Waals surface area contributed by atoms with Gasteiger partial charge >= 0.3 is 0 Å². The molecule has 2 heteroatoms. The summed E-state index contributed by atoms with van der Waals surface area (Å²) in [5, 5.41) is 0. The molecule has 2 aliphatic heterocycles. The average Bonchev–Trinajstić information content (AvgIpc) is 2.86. The summed E-state index contributed by atoms with van der Waals surface area (Å²) in [4.78, 5) is 5.12. The second-order valence-electron chi connectivity index (χ2n) is 9.33. The minimum atomic E-state index is 0.339. The highest BCUT2D eigenvalue weighted by molar-refractivity contribution is 5.12. The van der Waals surface area contributed by atoms with Crippen molar-refractivity contribution in [1.82, 2.24) is 9.80 Å². The van der Waals surface area contributed by atoms with Gasteiger partial charge in [-0.05, 0) is 74.1 Å². The van der Waals surface area contributed by atoms with Gasteiger partial charge in [-0.25, -0.2) is 0 Å². The van der Waals surface area contributed by atoms with E-state index in [0.29, 0.717) is 23.2 Å². The Labute approximate surface area is 153 Å². The van der Waals surface area contributed by atoms with Crippen molar-refractivity contribution in [1.29, 1.82) is 0 Å². The Morgan fingerprint density at radius 1 is 0.917 bits per heavy atom. The number of hydrogen-bond acceptors (Lipinski definition) is 2. The molecule has 24 heavy (non-hydrogen) atoms. The molecule has 0 aliphatic carbocycles. The molecule has 2 nitrogen and oxygen atoms in total. The van der Waals surface area contributed by atoms with Crippen molar-refractivity contribution in [2.45, 2.75) is 112 Å². The molecule has 0 aromatic heterocycles. The summed E-state index contributed by atoms with van der Waals surface area (Å²) in [6, 6.07) is 1.35. The molecule has 1 unspecified atom stereocenters. The molecule has 0 N–H and O–H groups in total. The van der Waals surface area contributed by atoms with Gasteiger partial charge in [-0.15, -0.1) is 0 Å². The highest BCUT2D eigenvalue weighted by atomic mass is 15.2. The summed E-state index contributed by atoms with van der Waals surface area (Å²) in [5.74, 6) is 0.882. The summed E-state index contributed by atoms with van der Waals surface area (Å²) < 4.78 is 0. The van der Waals surface area contributed by atoms with Crippen LogP contribution in [0.5, 0.6) is 0 Å². The van der Waals surface area contributed by atoms with Gasteiger partial charge in [-0.3, -0.25) is 9.80 Å². The molecule has 0 radical (unpaired) electrons. The Balaban J connectivity index is 0.000000400. The zero-order valence-corrected chi connectivity index (χ0v) is 18.7. The Morgan fingerprint density at radius 2 is 1.38 bits per heavy atom. The molecule has 0 amide bonds. The van der Waals surface area contributed by atoms with Crippen LogP contribution in [-0.2, 0) is 0 Å². The van der Waals surface area contributed by atoms with E-state index in [4.69, 9.17) is 0 Å². The van der Waals surface area contributed by atoms with Crippen LogP contribution in [0.4, 0.5) is 0 Å². The summed E-state index contributed by atoms with van der Waals surface area (Å²) in [5.41, 5.74) is 2.16. The fourth-order valence-corrected chi connectivity index (χ4v) is 4.63. The first-order valence-electron chi connectivity index (χ1n) is 10.1. The third-order valence-corrected chi connectivity index (χ3v) is 5.23. The third kappa shape index (κ3) is 6.52. The van der Waals surface area contributed by atoms with E-state index in [1.807, 2.05) is 13.8 Å². The van der Waals surface area contributed by atoms with Crippen molar-refractivity contribution >= 4 is 0 Å². The minimum Gasteiger partial charge on any atom is -0.296 e. The van der Waals surface area contributed by atoms with Gasteiger partial charge in [0.05, 0.1) is 0 Å². The van der Waals surface area contributed by atoms with Gasteiger partial charge < -0.3 is 0 Å². The Bertz CT molecular complexity index is 379. The topological polar surface area (TPSA) is 6.48 Å². The SMILES string of the molecule is C=C1CN(C(C)C)C(C)(C)C1.CC.CC1CN(C(C)C)C(C)(C)C1. The van der Waals surface area contributed by atoms with E-state index < -0.39 is 0 Å². The average molecular weight is 339 g/mol. The smallest absolute Gasteiger partial charge is 0.0199 e. The molecular weight excluding hydrogens is 292 g/mol. The molecule has 2 fully saturated rings. The van der Waals surface area contributed by atoms with Crippen LogP contribution in [0.25, 0.3) is 0 Å². The molecule has 2 saturated heterocycles. The maximum Gasteiger partial charge on any atom is 0.0199 e. The van der Waals surface area contributed by atoms with Crippen molar-refractivity contribution in [3.63, 3.8) is 0 Å². The van der Waals surface area contributed by atoms with Crippen LogP contribution < -0.4 is 0 Å². The van der Waals surface area contributed by atoms with Crippen LogP contribution in [0, 0.1) is 5.92 Å². The van der Waals surface area contributed by atoms with E-state index in [2.05, 4.69) is 78.7 Å². The van der Waals surface area contributed by atoms with Crippen molar-refractivity contribution < 1.29 is 0 Å². The number of nitrogens with zero attached hydrogens (tertiary/aromatic N) is 2. The quantitative estimate of drug-likeness (QED) is 0.572. The van der Waals surface area contributed by atoms with Gasteiger partial charge in [-0.2, -0.15) is 0 Å². The highest BCUT2D eigenvalue weighted by Gasteiger charge is 2.37. The van der Waals surface area contributed by atoms with Crippen LogP contribution in [0.2, 0.25) is 0 Å². The molecule has 2 rings (SSSR count). The predicted molar refractivity (Wildman–Crippen MR) is 111 cm³/mol. The van der Waals surface area contributed by atoms with Crippen LogP contribution in [0.15, 0.2) is 12.2 Å². The molecule has 2 aliphatic rings. The van der Waals surface area contributed by atoms with E-state index >= 15 is 0 Å². The van der Waals surface area contributed by atoms with Gasteiger partial charge in [-0.1, -0.05) is 32.9 Å². The van der Waals surface area contributed by atoms with Crippen molar-refractivity contribution in [2.75, 3.05) is 13.1 Å². The van der Waals surface area contributed by atoms with Crippen LogP contribution >= 0.6 is 0 Å². The van der Waals surface area contributed by atoms with Gasteiger partial charge in [0.25, 0.3) is 0 Å². The standard InChI is InChI=1S/C10H21N.C10H19N.C2H6/c2*1-8(2)11-7-9(3)6-10(11,4)5;1-2/h8-9H,6-7H2,1-5H3;8H,3,6-7H2,1-2,4-5H3;1-2H3. The second kappa shape index (κ2) is 9.38. The molecular formula is C22H46N2. The molecule has 2 heterocycles. The lowest BCUT2D eigenvalue weighted by Gasteiger charge is -2.34. The van der Waals surface area contributed by atoms with Crippen LogP contribution in [0.3, 0.4) is 0 Å². The van der Waals surface area contributed by atoms with Crippen LogP contribution in [-0.4, -0.2) is 46.1 Å². The number of rotatable bonds is 2. The summed E-state index contributed by atoms with van der Waals surface area (Å²) in [6.45, 7) is 31.2. The van der Waals surface area contributed by atoms with Gasteiger partial charge in [0, 0.05) is 36.3 Å². The lowest BCUT2D eigenvalue weighted by Crippen LogP contribution is -2.42. The molecule has 144 valence electrons. The predicted octanol–water partition coefficient (Wildman–Crippen LogP) is 5.98. The molecule has 0 bridgehead atoms. The van der Waals surface area contributed by atoms with Gasteiger partial charge in [0.1, 0.15) is 0 Å². The Hall–Kier alpha value is -0.340. The monoisotopic (exact) mass is 338 g/mol. The van der Waals surface area contributed by atoms with E-state index in [9.17, 15) is 0 Å². The fourth-order valence-electron chi connectivity index (χ4n) is 4.63. The molecule has 1 atom stereocenters. The maximum absolute atomic E-state index is 4.04. The van der Waals surface area contributed by atoms with E-state index in [1.54, 1.807) is 0 Å². The molecule has 0 saturated carbocycles. The third-order valence-electron chi connectivity index (χ3n) is 5.23.